The van der Waals surface area contributed by atoms with Gasteiger partial charge in [0.2, 0.25) is 0 Å². The lowest BCUT2D eigenvalue weighted by molar-refractivity contribution is 0.0710. The molecule has 0 atom stereocenters. The van der Waals surface area contributed by atoms with Crippen LogP contribution in [-0.4, -0.2) is 53.0 Å². The van der Waals surface area contributed by atoms with Crippen molar-refractivity contribution < 1.29 is 4.79 Å². The van der Waals surface area contributed by atoms with Gasteiger partial charge in [-0.1, -0.05) is 12.1 Å². The summed E-state index contributed by atoms with van der Waals surface area (Å²) in [5.74, 6) is 0.993. The van der Waals surface area contributed by atoms with Gasteiger partial charge in [0.25, 0.3) is 5.91 Å². The molecule has 1 saturated heterocycles. The van der Waals surface area contributed by atoms with Crippen LogP contribution < -0.4 is 5.69 Å². The van der Waals surface area contributed by atoms with E-state index in [1.807, 2.05) is 36.1 Å². The Morgan fingerprint density at radius 2 is 1.96 bits per heavy atom. The van der Waals surface area contributed by atoms with Gasteiger partial charge < -0.3 is 4.90 Å². The molecule has 0 aliphatic carbocycles. The standard InChI is InChI=1S/C19H23N7O2/c1-3-25-17(22-23(2)19(25)28)14-8-10-24(11-9-14)18(27)15-6-4-5-7-16(15)26-13-20-12-21-26/h4-7,12-14H,3,8-11H2,1-2H3. The predicted octanol–water partition coefficient (Wildman–Crippen LogP) is 1.20. The number of nitrogens with zero attached hydrogens (tertiary/aromatic N) is 7. The van der Waals surface area contributed by atoms with Crippen LogP contribution in [0, 0.1) is 0 Å². The normalized spacial score (nSPS) is 15.1. The van der Waals surface area contributed by atoms with E-state index in [9.17, 15) is 9.59 Å². The molecule has 2 aromatic heterocycles. The fraction of sp³-hybridized carbons (Fsp3) is 0.421. The van der Waals surface area contributed by atoms with Crippen LogP contribution in [0.4, 0.5) is 0 Å². The van der Waals surface area contributed by atoms with E-state index in [0.29, 0.717) is 25.2 Å². The molecule has 0 unspecified atom stereocenters. The van der Waals surface area contributed by atoms with Crippen molar-refractivity contribution in [2.24, 2.45) is 7.05 Å². The fourth-order valence-electron chi connectivity index (χ4n) is 3.82. The van der Waals surface area contributed by atoms with Crippen LogP contribution in [-0.2, 0) is 13.6 Å². The second-order valence-corrected chi connectivity index (χ2v) is 6.93. The lowest BCUT2D eigenvalue weighted by atomic mass is 9.95. The van der Waals surface area contributed by atoms with Crippen molar-refractivity contribution in [2.75, 3.05) is 13.1 Å². The van der Waals surface area contributed by atoms with E-state index in [0.717, 1.165) is 24.4 Å². The SMILES string of the molecule is CCn1c(C2CCN(C(=O)c3ccccc3-n3cncn3)CC2)nn(C)c1=O. The second-order valence-electron chi connectivity index (χ2n) is 6.93. The maximum atomic E-state index is 13.1. The largest absolute Gasteiger partial charge is 0.345 e. The topological polar surface area (TPSA) is 90.8 Å². The zero-order valence-electron chi connectivity index (χ0n) is 16.0. The number of para-hydroxylation sites is 1. The molecule has 3 aromatic rings. The first kappa shape index (κ1) is 18.1. The number of piperidine rings is 1. The fourth-order valence-corrected chi connectivity index (χ4v) is 3.82. The molecule has 0 spiro atoms. The summed E-state index contributed by atoms with van der Waals surface area (Å²) in [4.78, 5) is 31.1. The minimum Gasteiger partial charge on any atom is -0.339 e. The summed E-state index contributed by atoms with van der Waals surface area (Å²) in [6, 6.07) is 7.42. The number of amides is 1. The Labute approximate surface area is 162 Å². The third-order valence-corrected chi connectivity index (χ3v) is 5.30. The maximum absolute atomic E-state index is 13.1. The molecule has 3 heterocycles. The Balaban J connectivity index is 1.52. The Morgan fingerprint density at radius 3 is 2.64 bits per heavy atom. The van der Waals surface area contributed by atoms with E-state index in [1.165, 1.54) is 11.0 Å². The molecule has 1 fully saturated rings. The number of likely N-dealkylation sites (tertiary alicyclic amines) is 1. The molecule has 9 nitrogen and oxygen atoms in total. The first-order valence-electron chi connectivity index (χ1n) is 9.47. The number of carbonyl (C=O) groups excluding carboxylic acids is 1. The van der Waals surface area contributed by atoms with Crippen molar-refractivity contribution in [3.05, 3.63) is 58.8 Å². The number of aryl methyl sites for hydroxylation is 1. The van der Waals surface area contributed by atoms with Gasteiger partial charge in [-0.05, 0) is 31.9 Å². The zero-order valence-corrected chi connectivity index (χ0v) is 16.0. The summed E-state index contributed by atoms with van der Waals surface area (Å²) in [5, 5.41) is 8.57. The van der Waals surface area contributed by atoms with Gasteiger partial charge in [0.05, 0.1) is 11.3 Å². The Hall–Kier alpha value is -3.23. The number of hydrogen-bond acceptors (Lipinski definition) is 5. The molecule has 1 aliphatic heterocycles. The molecular weight excluding hydrogens is 358 g/mol. The summed E-state index contributed by atoms with van der Waals surface area (Å²) in [5.41, 5.74) is 1.24. The van der Waals surface area contributed by atoms with E-state index < -0.39 is 0 Å². The van der Waals surface area contributed by atoms with Gasteiger partial charge >= 0.3 is 5.69 Å². The van der Waals surface area contributed by atoms with Gasteiger partial charge in [0.15, 0.2) is 0 Å². The highest BCUT2D eigenvalue weighted by atomic mass is 16.2. The molecule has 146 valence electrons. The highest BCUT2D eigenvalue weighted by Gasteiger charge is 2.29. The van der Waals surface area contributed by atoms with Gasteiger partial charge in [-0.3, -0.25) is 9.36 Å². The van der Waals surface area contributed by atoms with Crippen LogP contribution >= 0.6 is 0 Å². The highest BCUT2D eigenvalue weighted by molar-refractivity contribution is 5.97. The minimum absolute atomic E-state index is 0.0153. The average molecular weight is 381 g/mol. The summed E-state index contributed by atoms with van der Waals surface area (Å²) >= 11 is 0. The van der Waals surface area contributed by atoms with Crippen molar-refractivity contribution in [3.63, 3.8) is 0 Å². The Kier molecular flexibility index (Phi) is 4.81. The second kappa shape index (κ2) is 7.41. The number of rotatable bonds is 4. The van der Waals surface area contributed by atoms with Crippen LogP contribution in [0.5, 0.6) is 0 Å². The molecule has 0 radical (unpaired) electrons. The molecule has 0 N–H and O–H groups in total. The molecule has 4 rings (SSSR count). The lowest BCUT2D eigenvalue weighted by Crippen LogP contribution is -2.39. The van der Waals surface area contributed by atoms with Crippen LogP contribution in [0.1, 0.15) is 41.9 Å². The van der Waals surface area contributed by atoms with Crippen LogP contribution in [0.2, 0.25) is 0 Å². The minimum atomic E-state index is -0.0854. The van der Waals surface area contributed by atoms with Crippen LogP contribution in [0.15, 0.2) is 41.7 Å². The van der Waals surface area contributed by atoms with E-state index >= 15 is 0 Å². The van der Waals surface area contributed by atoms with Crippen molar-refractivity contribution in [2.45, 2.75) is 32.2 Å². The number of hydrogen-bond donors (Lipinski definition) is 0. The number of benzene rings is 1. The van der Waals surface area contributed by atoms with E-state index in [-0.39, 0.29) is 17.5 Å². The molecule has 28 heavy (non-hydrogen) atoms. The summed E-state index contributed by atoms with van der Waals surface area (Å²) < 4.78 is 4.72. The van der Waals surface area contributed by atoms with E-state index in [1.54, 1.807) is 22.6 Å². The molecule has 1 aromatic carbocycles. The predicted molar refractivity (Wildman–Crippen MR) is 102 cm³/mol. The summed E-state index contributed by atoms with van der Waals surface area (Å²) in [7, 11) is 1.68. The van der Waals surface area contributed by atoms with Gasteiger partial charge in [0.1, 0.15) is 18.5 Å². The van der Waals surface area contributed by atoms with Gasteiger partial charge in [-0.2, -0.15) is 10.2 Å². The monoisotopic (exact) mass is 381 g/mol. The molecule has 0 bridgehead atoms. The number of carbonyl (C=O) groups is 1. The molecule has 1 aliphatic rings. The molecule has 9 heteroatoms. The smallest absolute Gasteiger partial charge is 0.339 e. The first-order valence-corrected chi connectivity index (χ1v) is 9.47. The van der Waals surface area contributed by atoms with Crippen LogP contribution in [0.3, 0.4) is 0 Å². The van der Waals surface area contributed by atoms with E-state index in [4.69, 9.17) is 0 Å². The molecule has 1 amide bonds. The van der Waals surface area contributed by atoms with Crippen molar-refractivity contribution in [1.29, 1.82) is 0 Å². The van der Waals surface area contributed by atoms with Crippen molar-refractivity contribution >= 4 is 5.91 Å². The molecule has 0 saturated carbocycles. The first-order chi connectivity index (χ1) is 13.6. The van der Waals surface area contributed by atoms with Crippen LogP contribution in [0.25, 0.3) is 5.69 Å². The highest BCUT2D eigenvalue weighted by Crippen LogP contribution is 2.27. The number of aromatic nitrogens is 6. The Morgan fingerprint density at radius 1 is 1.21 bits per heavy atom. The van der Waals surface area contributed by atoms with Gasteiger partial charge in [-0.25, -0.2) is 19.1 Å². The zero-order chi connectivity index (χ0) is 19.7. The van der Waals surface area contributed by atoms with Gasteiger partial charge in [-0.15, -0.1) is 0 Å². The third kappa shape index (κ3) is 3.12. The Bertz CT molecular complexity index is 1030. The average Bonchev–Trinajstić information content (AvgIpc) is 3.36. The maximum Gasteiger partial charge on any atom is 0.345 e. The van der Waals surface area contributed by atoms with Gasteiger partial charge in [0, 0.05) is 32.6 Å². The van der Waals surface area contributed by atoms with Crippen molar-refractivity contribution in [3.8, 4) is 5.69 Å². The third-order valence-electron chi connectivity index (χ3n) is 5.30. The summed E-state index contributed by atoms with van der Waals surface area (Å²) in [6.45, 7) is 3.81. The lowest BCUT2D eigenvalue weighted by Gasteiger charge is -2.32. The van der Waals surface area contributed by atoms with Crippen molar-refractivity contribution in [1.82, 2.24) is 34.0 Å². The quantitative estimate of drug-likeness (QED) is 0.677. The molecular formula is C19H23N7O2. The summed E-state index contributed by atoms with van der Waals surface area (Å²) in [6.07, 6.45) is 4.61. The van der Waals surface area contributed by atoms with E-state index in [2.05, 4.69) is 15.2 Å².